The molecule has 28 heavy (non-hydrogen) atoms. The summed E-state index contributed by atoms with van der Waals surface area (Å²) in [7, 11) is -3.62. The van der Waals surface area contributed by atoms with Crippen LogP contribution in [0.25, 0.3) is 11.0 Å². The molecule has 1 N–H and O–H groups in total. The third-order valence-corrected chi connectivity index (χ3v) is 7.30. The average Bonchev–Trinajstić information content (AvgIpc) is 2.98. The van der Waals surface area contributed by atoms with E-state index in [1.54, 1.807) is 30.3 Å². The molecule has 0 spiro atoms. The second-order valence-corrected chi connectivity index (χ2v) is 10.6. The van der Waals surface area contributed by atoms with Gasteiger partial charge in [-0.15, -0.1) is 0 Å². The van der Waals surface area contributed by atoms with Crippen molar-refractivity contribution in [3.05, 3.63) is 59.4 Å². The van der Waals surface area contributed by atoms with Crippen molar-refractivity contribution in [1.82, 2.24) is 0 Å². The van der Waals surface area contributed by atoms with Gasteiger partial charge in [0.25, 0.3) is 10.0 Å². The molecule has 0 radical (unpaired) electrons. The predicted octanol–water partition coefficient (Wildman–Crippen LogP) is 5.69. The number of hydrogen-bond donors (Lipinski definition) is 1. The molecule has 2 aromatic carbocycles. The van der Waals surface area contributed by atoms with Crippen LogP contribution in [-0.4, -0.2) is 8.42 Å². The van der Waals surface area contributed by atoms with E-state index in [0.717, 1.165) is 41.6 Å². The minimum atomic E-state index is -3.62. The Balaban J connectivity index is 1.74. The van der Waals surface area contributed by atoms with E-state index >= 15 is 0 Å². The quantitative estimate of drug-likeness (QED) is 0.617. The highest BCUT2D eigenvalue weighted by Gasteiger charge is 2.32. The van der Waals surface area contributed by atoms with Crippen molar-refractivity contribution in [2.45, 2.75) is 51.9 Å². The number of aryl methyl sites for hydroxylation is 2. The van der Waals surface area contributed by atoms with Crippen molar-refractivity contribution in [2.75, 3.05) is 4.72 Å². The second-order valence-electron chi connectivity index (χ2n) is 8.89. The van der Waals surface area contributed by atoms with Gasteiger partial charge in [-0.05, 0) is 60.9 Å². The first kappa shape index (κ1) is 19.1. The van der Waals surface area contributed by atoms with Gasteiger partial charge in [0, 0.05) is 17.4 Å². The van der Waals surface area contributed by atoms with E-state index in [0.29, 0.717) is 11.6 Å². The van der Waals surface area contributed by atoms with Crippen LogP contribution in [-0.2, 0) is 22.9 Å². The molecule has 0 amide bonds. The molecule has 0 aliphatic heterocycles. The van der Waals surface area contributed by atoms with Crippen molar-refractivity contribution in [2.24, 2.45) is 11.3 Å². The van der Waals surface area contributed by atoms with Crippen LogP contribution in [0, 0.1) is 18.3 Å². The first-order valence-electron chi connectivity index (χ1n) is 9.78. The van der Waals surface area contributed by atoms with Gasteiger partial charge >= 0.3 is 0 Å². The standard InChI is InChI=1S/C23H27NO3S/c1-15-12-22-19(18-13-16(23(2,3)4)10-11-21(18)27-22)14-20(15)24-28(25,26)17-8-6-5-7-9-17/h5-9,12,14,16,24H,10-11,13H2,1-4H3/t16-/m1/s1. The van der Waals surface area contributed by atoms with Gasteiger partial charge in [0.05, 0.1) is 10.6 Å². The summed E-state index contributed by atoms with van der Waals surface area (Å²) in [4.78, 5) is 0.261. The zero-order valence-electron chi connectivity index (χ0n) is 16.9. The zero-order valence-corrected chi connectivity index (χ0v) is 17.7. The molecule has 148 valence electrons. The van der Waals surface area contributed by atoms with Gasteiger partial charge in [0.1, 0.15) is 11.3 Å². The Labute approximate surface area is 167 Å². The first-order valence-corrected chi connectivity index (χ1v) is 11.3. The summed E-state index contributed by atoms with van der Waals surface area (Å²) in [6, 6.07) is 12.3. The Morgan fingerprint density at radius 1 is 1.11 bits per heavy atom. The molecule has 1 aromatic heterocycles. The lowest BCUT2D eigenvalue weighted by Gasteiger charge is -2.33. The number of rotatable bonds is 3. The van der Waals surface area contributed by atoms with E-state index in [-0.39, 0.29) is 10.3 Å². The normalized spacial score (nSPS) is 17.5. The minimum absolute atomic E-state index is 0.240. The third kappa shape index (κ3) is 3.44. The highest BCUT2D eigenvalue weighted by atomic mass is 32.2. The maximum atomic E-state index is 12.8. The van der Waals surface area contributed by atoms with Gasteiger partial charge in [-0.1, -0.05) is 39.0 Å². The first-order chi connectivity index (χ1) is 13.1. The summed E-state index contributed by atoms with van der Waals surface area (Å²) in [5.41, 5.74) is 3.79. The smallest absolute Gasteiger partial charge is 0.261 e. The summed E-state index contributed by atoms with van der Waals surface area (Å²) in [5.74, 6) is 1.64. The lowest BCUT2D eigenvalue weighted by Crippen LogP contribution is -2.26. The Hall–Kier alpha value is -2.27. The zero-order chi connectivity index (χ0) is 20.1. The highest BCUT2D eigenvalue weighted by Crippen LogP contribution is 2.42. The number of fused-ring (bicyclic) bond motifs is 3. The van der Waals surface area contributed by atoms with Crippen LogP contribution in [0.3, 0.4) is 0 Å². The molecule has 1 heterocycles. The molecular weight excluding hydrogens is 370 g/mol. The number of hydrogen-bond acceptors (Lipinski definition) is 3. The van der Waals surface area contributed by atoms with Crippen LogP contribution in [0.2, 0.25) is 0 Å². The summed E-state index contributed by atoms with van der Waals surface area (Å²) in [5, 5.41) is 1.03. The van der Waals surface area contributed by atoms with Crippen LogP contribution >= 0.6 is 0 Å². The maximum absolute atomic E-state index is 12.8. The molecule has 5 heteroatoms. The molecular formula is C23H27NO3S. The Kier molecular flexibility index (Phi) is 4.53. The van der Waals surface area contributed by atoms with Crippen LogP contribution in [0.15, 0.2) is 51.8 Å². The molecule has 0 saturated heterocycles. The Morgan fingerprint density at radius 2 is 1.82 bits per heavy atom. The van der Waals surface area contributed by atoms with Gasteiger partial charge in [-0.2, -0.15) is 0 Å². The molecule has 0 unspecified atom stereocenters. The molecule has 1 aliphatic carbocycles. The van der Waals surface area contributed by atoms with E-state index in [9.17, 15) is 8.42 Å². The van der Waals surface area contributed by atoms with E-state index in [4.69, 9.17) is 4.42 Å². The number of anilines is 1. The van der Waals surface area contributed by atoms with E-state index in [2.05, 4.69) is 25.5 Å². The van der Waals surface area contributed by atoms with Crippen LogP contribution in [0.4, 0.5) is 5.69 Å². The van der Waals surface area contributed by atoms with Gasteiger partial charge in [-0.25, -0.2) is 8.42 Å². The Bertz CT molecular complexity index is 1120. The van der Waals surface area contributed by atoms with Crippen molar-refractivity contribution in [3.63, 3.8) is 0 Å². The second kappa shape index (κ2) is 6.66. The van der Waals surface area contributed by atoms with Gasteiger partial charge in [0.15, 0.2) is 0 Å². The fourth-order valence-corrected chi connectivity index (χ4v) is 5.22. The molecule has 0 saturated carbocycles. The summed E-state index contributed by atoms with van der Waals surface area (Å²) in [6.07, 6.45) is 3.04. The van der Waals surface area contributed by atoms with Crippen LogP contribution in [0.1, 0.15) is 44.1 Å². The summed E-state index contributed by atoms with van der Waals surface area (Å²) >= 11 is 0. The maximum Gasteiger partial charge on any atom is 0.261 e. The number of sulfonamides is 1. The molecule has 3 aromatic rings. The van der Waals surface area contributed by atoms with Crippen molar-refractivity contribution < 1.29 is 12.8 Å². The minimum Gasteiger partial charge on any atom is -0.461 e. The number of furan rings is 1. The van der Waals surface area contributed by atoms with E-state index < -0.39 is 10.0 Å². The van der Waals surface area contributed by atoms with Crippen LogP contribution in [0.5, 0.6) is 0 Å². The SMILES string of the molecule is Cc1cc2oc3c(c2cc1NS(=O)(=O)c1ccccc1)C[C@H](C(C)(C)C)CC3. The molecule has 0 bridgehead atoms. The number of benzene rings is 2. The van der Waals surface area contributed by atoms with Crippen molar-refractivity contribution >= 4 is 26.7 Å². The summed E-state index contributed by atoms with van der Waals surface area (Å²) in [6.45, 7) is 8.76. The van der Waals surface area contributed by atoms with Crippen LogP contribution < -0.4 is 4.72 Å². The lowest BCUT2D eigenvalue weighted by molar-refractivity contribution is 0.210. The fraction of sp³-hybridized carbons (Fsp3) is 0.391. The average molecular weight is 398 g/mol. The monoisotopic (exact) mass is 397 g/mol. The summed E-state index contributed by atoms with van der Waals surface area (Å²) < 4.78 is 34.4. The Morgan fingerprint density at radius 3 is 2.50 bits per heavy atom. The lowest BCUT2D eigenvalue weighted by atomic mass is 9.71. The molecule has 0 fully saturated rings. The topological polar surface area (TPSA) is 59.3 Å². The predicted molar refractivity (Wildman–Crippen MR) is 113 cm³/mol. The molecule has 1 atom stereocenters. The third-order valence-electron chi connectivity index (χ3n) is 5.91. The molecule has 4 rings (SSSR count). The van der Waals surface area contributed by atoms with Gasteiger partial charge < -0.3 is 4.42 Å². The van der Waals surface area contributed by atoms with Crippen molar-refractivity contribution in [3.8, 4) is 0 Å². The fourth-order valence-electron chi connectivity index (χ4n) is 4.08. The van der Waals surface area contributed by atoms with E-state index in [1.165, 1.54) is 5.56 Å². The number of nitrogens with one attached hydrogen (secondary N) is 1. The highest BCUT2D eigenvalue weighted by molar-refractivity contribution is 7.92. The largest absolute Gasteiger partial charge is 0.461 e. The van der Waals surface area contributed by atoms with Gasteiger partial charge in [-0.3, -0.25) is 4.72 Å². The van der Waals surface area contributed by atoms with E-state index in [1.807, 2.05) is 19.1 Å². The molecule has 1 aliphatic rings. The molecule has 4 nitrogen and oxygen atoms in total. The van der Waals surface area contributed by atoms with Crippen molar-refractivity contribution in [1.29, 1.82) is 0 Å². The van der Waals surface area contributed by atoms with Gasteiger partial charge in [0.2, 0.25) is 0 Å².